The molecular formula is C104H60B4N8. The molecule has 0 saturated heterocycles. The molecule has 8 nitrogen and oxygen atoms in total. The van der Waals surface area contributed by atoms with Gasteiger partial charge in [-0.2, -0.15) is 21.0 Å². The van der Waals surface area contributed by atoms with Gasteiger partial charge in [-0.1, -0.05) is 271 Å². The molecule has 8 aliphatic rings. The zero-order valence-electron chi connectivity index (χ0n) is 62.7. The van der Waals surface area contributed by atoms with E-state index < -0.39 is 0 Å². The number of rotatable bonds is 0. The minimum Gasteiger partial charge on any atom is -0.310 e. The number of benzene rings is 16. The van der Waals surface area contributed by atoms with Crippen LogP contribution in [0.25, 0.3) is 110 Å². The first-order valence-corrected chi connectivity index (χ1v) is 40.1. The fraction of sp³-hybridized carbons (Fsp3) is 0.0385. The van der Waals surface area contributed by atoms with Crippen LogP contribution in [0.3, 0.4) is 0 Å². The summed E-state index contributed by atoms with van der Waals surface area (Å²) in [6, 6.07) is 122. The third-order valence-corrected chi connectivity index (χ3v) is 26.9. The molecule has 12 heterocycles. The van der Waals surface area contributed by atoms with E-state index in [9.17, 15) is 21.0 Å². The molecule has 12 heteroatoms. The number of hydrogen-bond acceptors (Lipinski definition) is 4. The van der Waals surface area contributed by atoms with E-state index in [-0.39, 0.29) is 26.9 Å². The first-order valence-electron chi connectivity index (χ1n) is 40.1. The summed E-state index contributed by atoms with van der Waals surface area (Å²) in [5.41, 5.74) is 44.9. The van der Waals surface area contributed by atoms with Crippen molar-refractivity contribution >= 4 is 180 Å². The maximum atomic E-state index is 9.97. The Morgan fingerprint density at radius 3 is 1.07 bits per heavy atom. The average molecular weight is 1460 g/mol. The maximum Gasteiger partial charge on any atom is 0.247 e. The Kier molecular flexibility index (Phi) is 13.5. The van der Waals surface area contributed by atoms with Crippen LogP contribution in [0.4, 0.5) is 0 Å². The second-order valence-electron chi connectivity index (χ2n) is 32.3. The lowest BCUT2D eigenvalue weighted by atomic mass is 9.32. The molecule has 0 unspecified atom stereocenters. The molecule has 116 heavy (non-hydrogen) atoms. The summed E-state index contributed by atoms with van der Waals surface area (Å²) in [5.74, 6) is 0. The molecule has 528 valence electrons. The largest absolute Gasteiger partial charge is 0.310 e. The molecule has 0 bridgehead atoms. The standard InChI is InChI=1S/4C26H15BN2/c28-15-18-7-5-10-22-25(18)29-23-11-4-2-8-19(23)20-13-12-17-14-16-6-1-3-9-21(16)27(22)24(17)26(20)29;28-15-16-9-12-24-22(13-16)27-21-7-3-1-5-17(21)14-18-10-11-20-19-6-2-4-8-23(19)29(24)26(20)25(18)27;28-15-16-9-12-22-24(13-16)29-23-8-4-2-6-19(23)20-11-10-18-14-17-5-1-3-7-21(17)27(22)25(18)26(20)29;28-15-18-7-5-8-19-20-13-12-17-14-16-6-1-2-9-21(16)27-22-10-3-4-11-23(22)29(25(18)19)26(20)24(17)27/h4*1-13H,14H2. The van der Waals surface area contributed by atoms with Crippen molar-refractivity contribution in [2.24, 2.45) is 0 Å². The molecule has 0 radical (unpaired) electrons. The maximum absolute atomic E-state index is 9.97. The fourth-order valence-electron chi connectivity index (χ4n) is 22.4. The van der Waals surface area contributed by atoms with Crippen molar-refractivity contribution in [2.75, 3.05) is 0 Å². The third-order valence-electron chi connectivity index (χ3n) is 26.9. The summed E-state index contributed by atoms with van der Waals surface area (Å²) in [6.07, 6.45) is 3.87. The summed E-state index contributed by atoms with van der Waals surface area (Å²) >= 11 is 0. The minimum atomic E-state index is 0.179. The number of para-hydroxylation sites is 6. The van der Waals surface area contributed by atoms with Crippen molar-refractivity contribution in [1.82, 2.24) is 18.3 Å². The Morgan fingerprint density at radius 2 is 0.560 bits per heavy atom. The van der Waals surface area contributed by atoms with Crippen LogP contribution in [-0.2, 0) is 25.7 Å². The lowest BCUT2D eigenvalue weighted by Crippen LogP contribution is -2.60. The number of fused-ring (bicyclic) bond motifs is 32. The summed E-state index contributed by atoms with van der Waals surface area (Å²) < 4.78 is 9.51. The molecule has 0 amide bonds. The van der Waals surface area contributed by atoms with Crippen molar-refractivity contribution in [1.29, 1.82) is 21.0 Å². The molecule has 0 saturated carbocycles. The van der Waals surface area contributed by atoms with E-state index in [1.54, 1.807) is 0 Å². The molecule has 0 aliphatic carbocycles. The van der Waals surface area contributed by atoms with Gasteiger partial charge in [0.2, 0.25) is 26.9 Å². The van der Waals surface area contributed by atoms with Gasteiger partial charge in [-0.25, -0.2) is 0 Å². The zero-order valence-corrected chi connectivity index (χ0v) is 62.7. The zero-order chi connectivity index (χ0) is 76.4. The Bertz CT molecular complexity index is 8060. The number of nitriles is 4. The number of nitrogens with zero attached hydrogens (tertiary/aromatic N) is 8. The highest BCUT2D eigenvalue weighted by atomic mass is 15.0. The summed E-state index contributed by atoms with van der Waals surface area (Å²) in [5, 5.41) is 49.1. The third kappa shape index (κ3) is 8.67. The highest BCUT2D eigenvalue weighted by Gasteiger charge is 2.44. The van der Waals surface area contributed by atoms with Crippen LogP contribution in [-0.4, -0.2) is 45.1 Å². The molecule has 0 fully saturated rings. The van der Waals surface area contributed by atoms with Gasteiger partial charge in [0.1, 0.15) is 12.1 Å². The molecule has 0 atom stereocenters. The number of aromatic nitrogens is 4. The summed E-state index contributed by atoms with van der Waals surface area (Å²) in [7, 11) is 0. The molecule has 20 aromatic rings. The fourth-order valence-corrected chi connectivity index (χ4v) is 22.4. The Hall–Kier alpha value is -15.1. The molecule has 28 rings (SSSR count). The van der Waals surface area contributed by atoms with Crippen LogP contribution in [0.5, 0.6) is 0 Å². The van der Waals surface area contributed by atoms with Crippen LogP contribution in [0.1, 0.15) is 66.8 Å². The first kappa shape index (κ1) is 64.6. The molecule has 8 aliphatic heterocycles. The molecule has 0 spiro atoms. The van der Waals surface area contributed by atoms with Crippen molar-refractivity contribution < 1.29 is 0 Å². The van der Waals surface area contributed by atoms with Gasteiger partial charge in [0, 0.05) is 82.2 Å². The summed E-state index contributed by atoms with van der Waals surface area (Å²) in [6.45, 7) is 0.827. The average Bonchev–Trinajstić information content (AvgIpc) is 1.49. The predicted octanol–water partition coefficient (Wildman–Crippen LogP) is 13.6. The van der Waals surface area contributed by atoms with Crippen LogP contribution >= 0.6 is 0 Å². The van der Waals surface area contributed by atoms with E-state index >= 15 is 0 Å². The Balaban J connectivity index is 0.0000000866. The predicted molar refractivity (Wildman–Crippen MR) is 478 cm³/mol. The number of hydrogen-bond donors (Lipinski definition) is 0. The Morgan fingerprint density at radius 1 is 0.216 bits per heavy atom. The van der Waals surface area contributed by atoms with E-state index in [1.807, 2.05) is 36.4 Å². The molecule has 16 aromatic carbocycles. The summed E-state index contributed by atoms with van der Waals surface area (Å²) in [4.78, 5) is 0. The molecule has 4 aromatic heterocycles. The van der Waals surface area contributed by atoms with Gasteiger partial charge in [0.25, 0.3) is 0 Å². The van der Waals surface area contributed by atoms with E-state index in [4.69, 9.17) is 0 Å². The van der Waals surface area contributed by atoms with Crippen molar-refractivity contribution in [3.8, 4) is 47.0 Å². The van der Waals surface area contributed by atoms with Crippen LogP contribution in [0.15, 0.2) is 315 Å². The monoisotopic (exact) mass is 1460 g/mol. The van der Waals surface area contributed by atoms with E-state index in [2.05, 4.69) is 322 Å². The van der Waals surface area contributed by atoms with Gasteiger partial charge in [0.05, 0.1) is 62.1 Å². The van der Waals surface area contributed by atoms with Crippen molar-refractivity contribution in [3.63, 3.8) is 0 Å². The minimum absolute atomic E-state index is 0.179. The normalized spacial score (nSPS) is 13.3. The smallest absolute Gasteiger partial charge is 0.247 e. The van der Waals surface area contributed by atoms with Gasteiger partial charge in [-0.15, -0.1) is 0 Å². The van der Waals surface area contributed by atoms with E-state index in [0.717, 1.165) is 64.7 Å². The second kappa shape index (κ2) is 24.2. The van der Waals surface area contributed by atoms with Crippen LogP contribution in [0.2, 0.25) is 0 Å². The first-order chi connectivity index (χ1) is 57.4. The Labute approximate surface area is 669 Å². The van der Waals surface area contributed by atoms with Gasteiger partial charge >= 0.3 is 0 Å². The quantitative estimate of drug-likeness (QED) is 0.141. The van der Waals surface area contributed by atoms with Crippen molar-refractivity contribution in [3.05, 3.63) is 382 Å². The van der Waals surface area contributed by atoms with Crippen molar-refractivity contribution in [2.45, 2.75) is 25.7 Å². The second-order valence-corrected chi connectivity index (χ2v) is 32.3. The van der Waals surface area contributed by atoms with Gasteiger partial charge in [-0.05, 0) is 181 Å². The van der Waals surface area contributed by atoms with Gasteiger partial charge < -0.3 is 18.3 Å². The highest BCUT2D eigenvalue weighted by Crippen LogP contribution is 2.42. The van der Waals surface area contributed by atoms with Crippen LogP contribution < -0.4 is 65.6 Å². The molecular weight excluding hydrogens is 1400 g/mol. The van der Waals surface area contributed by atoms with Crippen LogP contribution in [0, 0.1) is 45.3 Å². The van der Waals surface area contributed by atoms with E-state index in [0.29, 0.717) is 5.56 Å². The lowest BCUT2D eigenvalue weighted by molar-refractivity contribution is 1.15. The SMILES string of the molecule is N#Cc1ccc2c(c1)-n1c3ccccc3c3ccc4c(c31)B2c1ccccc1C4.N#Cc1ccc2c(c1)B1c3ccccc3Cc3ccc4c5ccccc5n-2c4c31.N#Cc1cccc2c1-n1c3ccccc3c3ccc4c(c31)B2c1ccccc1C4.N#Cc1cccc2c3ccc4c5c3n(c12)-c1ccccc1B5c1ccccc1C4. The highest BCUT2D eigenvalue weighted by molar-refractivity contribution is 7.01. The molecule has 0 N–H and O–H groups in total. The van der Waals surface area contributed by atoms with Gasteiger partial charge in [-0.3, -0.25) is 0 Å². The lowest BCUT2D eigenvalue weighted by Gasteiger charge is -2.33. The topological polar surface area (TPSA) is 115 Å². The van der Waals surface area contributed by atoms with Gasteiger partial charge in [0.15, 0.2) is 0 Å². The van der Waals surface area contributed by atoms with E-state index in [1.165, 1.54) is 198 Å².